The topological polar surface area (TPSA) is 133 Å². The van der Waals surface area contributed by atoms with Crippen LogP contribution in [-0.2, 0) is 10.2 Å². The summed E-state index contributed by atoms with van der Waals surface area (Å²) in [7, 11) is 0. The van der Waals surface area contributed by atoms with Gasteiger partial charge in [-0.25, -0.2) is 14.7 Å². The van der Waals surface area contributed by atoms with Gasteiger partial charge < -0.3 is 19.4 Å². The highest BCUT2D eigenvalue weighted by molar-refractivity contribution is 5.77. The van der Waals surface area contributed by atoms with Gasteiger partial charge in [-0.1, -0.05) is 6.58 Å². The summed E-state index contributed by atoms with van der Waals surface area (Å²) >= 11 is 0. The molecule has 2 saturated heterocycles. The second kappa shape index (κ2) is 6.84. The van der Waals surface area contributed by atoms with E-state index in [2.05, 4.69) is 27.4 Å². The number of urea groups is 1. The summed E-state index contributed by atoms with van der Waals surface area (Å²) in [6.07, 6.45) is 3.87. The van der Waals surface area contributed by atoms with E-state index in [9.17, 15) is 14.8 Å². The lowest BCUT2D eigenvalue weighted by Crippen LogP contribution is -2.41. The van der Waals surface area contributed by atoms with Crippen LogP contribution in [0.1, 0.15) is 70.7 Å². The number of aromatic nitrogens is 2. The molecule has 11 nitrogen and oxygen atoms in total. The lowest BCUT2D eigenvalue weighted by atomic mass is 9.85. The molecular formula is C21H30N6O5. The highest BCUT2D eigenvalue weighted by atomic mass is 16.6. The summed E-state index contributed by atoms with van der Waals surface area (Å²) in [6, 6.07) is -0.848. The van der Waals surface area contributed by atoms with Crippen molar-refractivity contribution in [2.45, 2.75) is 76.0 Å². The van der Waals surface area contributed by atoms with Crippen LogP contribution in [0.2, 0.25) is 0 Å². The van der Waals surface area contributed by atoms with E-state index in [4.69, 9.17) is 9.15 Å². The van der Waals surface area contributed by atoms with Crippen LogP contribution in [0.15, 0.2) is 16.8 Å². The van der Waals surface area contributed by atoms with Gasteiger partial charge in [-0.3, -0.25) is 10.5 Å². The Kier molecular flexibility index (Phi) is 4.50. The molecule has 2 atom stereocenters. The first kappa shape index (κ1) is 21.0. The number of hydrogen-bond donors (Lipinski definition) is 3. The number of nitrogens with one attached hydrogen (secondary N) is 2. The first-order chi connectivity index (χ1) is 15.0. The molecule has 1 spiro atoms. The first-order valence-corrected chi connectivity index (χ1v) is 11.1. The number of carbonyl (C=O) groups excluding carboxylic acids is 2. The van der Waals surface area contributed by atoms with E-state index in [0.717, 1.165) is 37.2 Å². The number of carbonyl (C=O) groups is 2. The lowest BCUT2D eigenvalue weighted by molar-refractivity contribution is -0.0783. The number of amides is 3. The zero-order chi connectivity index (χ0) is 22.9. The summed E-state index contributed by atoms with van der Waals surface area (Å²) in [6.45, 7) is 10.2. The van der Waals surface area contributed by atoms with Crippen LogP contribution in [-0.4, -0.2) is 62.2 Å². The van der Waals surface area contributed by atoms with Crippen molar-refractivity contribution in [3.8, 4) is 0 Å². The molecule has 4 aliphatic rings. The quantitative estimate of drug-likeness (QED) is 0.568. The Balaban J connectivity index is 1.23. The molecule has 0 radical (unpaired) electrons. The van der Waals surface area contributed by atoms with E-state index in [1.54, 1.807) is 25.7 Å². The van der Waals surface area contributed by atoms with Crippen LogP contribution in [0.3, 0.4) is 0 Å². The second-order valence-electron chi connectivity index (χ2n) is 10.6. The molecule has 1 aromatic heterocycles. The zero-order valence-electron chi connectivity index (χ0n) is 18.7. The predicted molar refractivity (Wildman–Crippen MR) is 110 cm³/mol. The minimum absolute atomic E-state index is 0.0411. The van der Waals surface area contributed by atoms with Gasteiger partial charge in [-0.15, -0.1) is 10.2 Å². The maximum atomic E-state index is 12.5. The number of hydrogen-bond acceptors (Lipinski definition) is 8. The molecule has 2 aliphatic heterocycles. The van der Waals surface area contributed by atoms with E-state index in [0.29, 0.717) is 30.7 Å². The third-order valence-corrected chi connectivity index (χ3v) is 7.01. The predicted octanol–water partition coefficient (Wildman–Crippen LogP) is 2.41. The fraction of sp³-hybridized carbons (Fsp3) is 0.714. The van der Waals surface area contributed by atoms with Crippen LogP contribution in [0, 0.1) is 5.41 Å². The summed E-state index contributed by atoms with van der Waals surface area (Å²) in [4.78, 5) is 26.0. The average Bonchev–Trinajstić information content (AvgIpc) is 3.59. The molecule has 3 amide bonds. The molecule has 4 fully saturated rings. The van der Waals surface area contributed by atoms with Gasteiger partial charge in [-0.05, 0) is 58.3 Å². The summed E-state index contributed by atoms with van der Waals surface area (Å²) in [5.41, 5.74) is -0.957. The van der Waals surface area contributed by atoms with Crippen molar-refractivity contribution in [2.24, 2.45) is 5.41 Å². The molecule has 2 saturated carbocycles. The maximum absolute atomic E-state index is 12.5. The van der Waals surface area contributed by atoms with E-state index in [-0.39, 0.29) is 22.9 Å². The second-order valence-corrected chi connectivity index (χ2v) is 10.6. The number of rotatable bonds is 6. The number of alkyl carbamates (subject to hydrolysis) is 1. The van der Waals surface area contributed by atoms with E-state index in [1.807, 2.05) is 0 Å². The Hall–Kier alpha value is -2.82. The van der Waals surface area contributed by atoms with Crippen molar-refractivity contribution in [1.29, 1.82) is 0 Å². The Morgan fingerprint density at radius 1 is 1.31 bits per heavy atom. The molecule has 3 heterocycles. The Morgan fingerprint density at radius 3 is 2.66 bits per heavy atom. The molecule has 5 rings (SSSR count). The Labute approximate surface area is 186 Å². The maximum Gasteiger partial charge on any atom is 0.413 e. The van der Waals surface area contributed by atoms with Crippen LogP contribution < -0.4 is 10.6 Å². The van der Waals surface area contributed by atoms with Crippen molar-refractivity contribution in [2.75, 3.05) is 13.1 Å². The molecular weight excluding hydrogens is 416 g/mol. The number of ether oxygens (including phenoxy) is 1. The fourth-order valence-electron chi connectivity index (χ4n) is 4.82. The normalized spacial score (nSPS) is 26.8. The van der Waals surface area contributed by atoms with Gasteiger partial charge in [0.25, 0.3) is 0 Å². The highest BCUT2D eigenvalue weighted by Crippen LogP contribution is 2.61. The zero-order valence-corrected chi connectivity index (χ0v) is 18.7. The molecule has 32 heavy (non-hydrogen) atoms. The molecule has 0 unspecified atom stereocenters. The van der Waals surface area contributed by atoms with Gasteiger partial charge in [0.2, 0.25) is 11.8 Å². The Bertz CT molecular complexity index is 960. The van der Waals surface area contributed by atoms with Crippen LogP contribution in [0.25, 0.3) is 0 Å². The first-order valence-electron chi connectivity index (χ1n) is 11.1. The number of piperidine rings is 1. The SMILES string of the molecule is C=C(NCC1(c2nnc([C@@H]3CC4(CC4)[C@@H]4CN3C(=O)N4O)o2)CC1)NC(=O)OC(C)(C)C. The van der Waals surface area contributed by atoms with Crippen LogP contribution in [0.4, 0.5) is 9.59 Å². The minimum atomic E-state index is -0.593. The largest absolute Gasteiger partial charge is 0.444 e. The molecule has 3 N–H and O–H groups in total. The fourth-order valence-corrected chi connectivity index (χ4v) is 4.82. The lowest BCUT2D eigenvalue weighted by Gasteiger charge is -2.34. The molecule has 0 aromatic carbocycles. The van der Waals surface area contributed by atoms with Gasteiger partial charge in [0.15, 0.2) is 0 Å². The molecule has 11 heteroatoms. The highest BCUT2D eigenvalue weighted by Gasteiger charge is 2.63. The molecule has 2 aliphatic carbocycles. The van der Waals surface area contributed by atoms with Gasteiger partial charge in [0, 0.05) is 13.1 Å². The van der Waals surface area contributed by atoms with Gasteiger partial charge in [-0.2, -0.15) is 0 Å². The van der Waals surface area contributed by atoms with Crippen molar-refractivity contribution in [3.05, 3.63) is 24.2 Å². The monoisotopic (exact) mass is 446 g/mol. The standard InChI is InChI=1S/C21H30N6O5/c1-12(23-17(28)32-19(2,3)4)22-11-21(7-8-21)16-25-24-15(31-16)13-9-20(5-6-20)14-10-26(13)18(29)27(14)30/h13-14,22,30H,1,5-11H2,2-4H3,(H,23,28)/t13-,14-/m0/s1. The molecule has 2 bridgehead atoms. The Morgan fingerprint density at radius 2 is 2.03 bits per heavy atom. The van der Waals surface area contributed by atoms with Crippen molar-refractivity contribution >= 4 is 12.1 Å². The number of nitrogens with zero attached hydrogens (tertiary/aromatic N) is 4. The van der Waals surface area contributed by atoms with Crippen LogP contribution in [0.5, 0.6) is 0 Å². The summed E-state index contributed by atoms with van der Waals surface area (Å²) in [5.74, 6) is 1.28. The van der Waals surface area contributed by atoms with Crippen LogP contribution >= 0.6 is 0 Å². The number of fused-ring (bicyclic) bond motifs is 3. The molecule has 1 aromatic rings. The van der Waals surface area contributed by atoms with Crippen molar-refractivity contribution in [1.82, 2.24) is 30.8 Å². The minimum Gasteiger partial charge on any atom is -0.444 e. The van der Waals surface area contributed by atoms with E-state index >= 15 is 0 Å². The van der Waals surface area contributed by atoms with E-state index < -0.39 is 17.7 Å². The average molecular weight is 447 g/mol. The number of hydroxylamine groups is 2. The molecule has 174 valence electrons. The third-order valence-electron chi connectivity index (χ3n) is 7.01. The van der Waals surface area contributed by atoms with Gasteiger partial charge >= 0.3 is 12.1 Å². The smallest absolute Gasteiger partial charge is 0.413 e. The van der Waals surface area contributed by atoms with Crippen molar-refractivity contribution in [3.63, 3.8) is 0 Å². The van der Waals surface area contributed by atoms with Gasteiger partial charge in [0.1, 0.15) is 17.5 Å². The summed E-state index contributed by atoms with van der Waals surface area (Å²) in [5, 5.41) is 25.4. The van der Waals surface area contributed by atoms with Crippen molar-refractivity contribution < 1.29 is 24.0 Å². The third kappa shape index (κ3) is 3.58. The summed E-state index contributed by atoms with van der Waals surface area (Å²) < 4.78 is 11.3. The van der Waals surface area contributed by atoms with Gasteiger partial charge in [0.05, 0.1) is 11.5 Å². The van der Waals surface area contributed by atoms with E-state index in [1.165, 1.54) is 0 Å².